The summed E-state index contributed by atoms with van der Waals surface area (Å²) in [5.41, 5.74) is -1.79. The maximum absolute atomic E-state index is 12.5. The molecule has 0 fully saturated rings. The minimum atomic E-state index is -1.34. The predicted molar refractivity (Wildman–Crippen MR) is 90.0 cm³/mol. The van der Waals surface area contributed by atoms with Crippen LogP contribution in [0.15, 0.2) is 0 Å². The number of aldehydes is 1. The monoisotopic (exact) mass is 360 g/mol. The van der Waals surface area contributed by atoms with Crippen molar-refractivity contribution in [2.45, 2.75) is 72.1 Å². The van der Waals surface area contributed by atoms with Crippen LogP contribution in [-0.4, -0.2) is 53.7 Å². The molecule has 0 radical (unpaired) electrons. The van der Waals surface area contributed by atoms with Crippen molar-refractivity contribution >= 4 is 24.4 Å². The normalized spacial score (nSPS) is 14.1. The van der Waals surface area contributed by atoms with Gasteiger partial charge in [-0.25, -0.2) is 14.4 Å². The van der Waals surface area contributed by atoms with Gasteiger partial charge in [0.1, 0.15) is 23.5 Å². The second-order valence-corrected chi connectivity index (χ2v) is 7.72. The average molecular weight is 360 g/mol. The lowest BCUT2D eigenvalue weighted by molar-refractivity contribution is -0.147. The second-order valence-electron chi connectivity index (χ2n) is 7.72. The Bertz CT molecular complexity index is 474. The van der Waals surface area contributed by atoms with E-state index < -0.39 is 41.3 Å². The lowest BCUT2D eigenvalue weighted by Crippen LogP contribution is -2.52. The predicted octanol–water partition coefficient (Wildman–Crippen LogP) is 2.93. The van der Waals surface area contributed by atoms with Crippen LogP contribution >= 0.6 is 0 Å². The van der Waals surface area contributed by atoms with Crippen molar-refractivity contribution in [2.24, 2.45) is 5.92 Å². The molecular formula is C17H29NO7. The molecule has 0 aliphatic heterocycles. The van der Waals surface area contributed by atoms with Gasteiger partial charge in [0.25, 0.3) is 0 Å². The van der Waals surface area contributed by atoms with Gasteiger partial charge < -0.3 is 19.0 Å². The SMILES string of the molecule is COC(=O)[C@H](C[C@H]([13CH3])C=O)N(C(=O)OC(C)(C)C)C(=O)OC(C)(C)C. The van der Waals surface area contributed by atoms with Crippen LogP contribution in [0.1, 0.15) is 54.9 Å². The molecule has 2 amide bonds. The minimum absolute atomic E-state index is 0.103. The first-order valence-corrected chi connectivity index (χ1v) is 8.00. The van der Waals surface area contributed by atoms with Gasteiger partial charge in [-0.15, -0.1) is 0 Å². The molecular weight excluding hydrogens is 331 g/mol. The number of carbonyl (C=O) groups is 4. The molecule has 0 saturated heterocycles. The van der Waals surface area contributed by atoms with Crippen LogP contribution in [-0.2, 0) is 23.8 Å². The molecule has 0 rings (SSSR count). The Morgan fingerprint density at radius 3 is 1.64 bits per heavy atom. The van der Waals surface area contributed by atoms with E-state index >= 15 is 0 Å². The van der Waals surface area contributed by atoms with Gasteiger partial charge in [0.05, 0.1) is 7.11 Å². The smallest absolute Gasteiger partial charge is 0.420 e. The van der Waals surface area contributed by atoms with Gasteiger partial charge in [0, 0.05) is 5.92 Å². The largest absolute Gasteiger partial charge is 0.467 e. The summed E-state index contributed by atoms with van der Waals surface area (Å²) in [4.78, 5) is 48.7. The molecule has 144 valence electrons. The number of nitrogens with zero attached hydrogens (tertiary/aromatic N) is 1. The van der Waals surface area contributed by atoms with E-state index in [1.54, 1.807) is 48.5 Å². The standard InChI is InChI=1S/C17H29NO7/c1-11(10-19)9-12(13(20)23-8)18(14(21)24-16(2,3)4)15(22)25-17(5,6)7/h10-12H,9H2,1-8H3/t11-,12-/m0/s1/i1+1. The maximum atomic E-state index is 12.5. The van der Waals surface area contributed by atoms with Crippen molar-refractivity contribution < 1.29 is 33.4 Å². The number of hydrogen-bond acceptors (Lipinski definition) is 7. The lowest BCUT2D eigenvalue weighted by Gasteiger charge is -2.32. The van der Waals surface area contributed by atoms with Gasteiger partial charge in [0.15, 0.2) is 0 Å². The van der Waals surface area contributed by atoms with Gasteiger partial charge in [-0.05, 0) is 48.0 Å². The molecule has 0 aromatic carbocycles. The van der Waals surface area contributed by atoms with Crippen molar-refractivity contribution in [3.05, 3.63) is 0 Å². The first kappa shape index (κ1) is 22.9. The van der Waals surface area contributed by atoms with Crippen molar-refractivity contribution in [1.82, 2.24) is 4.90 Å². The second kappa shape index (κ2) is 8.82. The fourth-order valence-electron chi connectivity index (χ4n) is 1.80. The molecule has 0 heterocycles. The summed E-state index contributed by atoms with van der Waals surface area (Å²) in [5.74, 6) is -1.43. The van der Waals surface area contributed by atoms with Crippen LogP contribution < -0.4 is 0 Å². The number of ether oxygens (including phenoxy) is 3. The maximum Gasteiger partial charge on any atom is 0.420 e. The Kier molecular flexibility index (Phi) is 8.08. The Morgan fingerprint density at radius 2 is 1.36 bits per heavy atom. The first-order chi connectivity index (χ1) is 11.2. The van der Waals surface area contributed by atoms with Gasteiger partial charge in [-0.1, -0.05) is 6.92 Å². The molecule has 0 aliphatic carbocycles. The molecule has 0 aromatic heterocycles. The van der Waals surface area contributed by atoms with Crippen molar-refractivity contribution in [3.63, 3.8) is 0 Å². The third-order valence-electron chi connectivity index (χ3n) is 2.79. The molecule has 0 spiro atoms. The molecule has 25 heavy (non-hydrogen) atoms. The Labute approximate surface area is 148 Å². The van der Waals surface area contributed by atoms with E-state index in [2.05, 4.69) is 4.74 Å². The molecule has 0 bridgehead atoms. The molecule has 0 aromatic rings. The van der Waals surface area contributed by atoms with Gasteiger partial charge in [-0.3, -0.25) is 0 Å². The van der Waals surface area contributed by atoms with E-state index in [9.17, 15) is 19.2 Å². The summed E-state index contributed by atoms with van der Waals surface area (Å²) >= 11 is 0. The zero-order chi connectivity index (χ0) is 20.0. The fourth-order valence-corrected chi connectivity index (χ4v) is 1.80. The van der Waals surface area contributed by atoms with Gasteiger partial charge in [-0.2, -0.15) is 4.90 Å². The molecule has 0 unspecified atom stereocenters. The zero-order valence-electron chi connectivity index (χ0n) is 16.2. The third-order valence-corrected chi connectivity index (χ3v) is 2.79. The van der Waals surface area contributed by atoms with Gasteiger partial charge >= 0.3 is 18.2 Å². The molecule has 2 atom stereocenters. The first-order valence-electron chi connectivity index (χ1n) is 8.00. The summed E-state index contributed by atoms with van der Waals surface area (Å²) in [6, 6.07) is -1.34. The van der Waals surface area contributed by atoms with Crippen LogP contribution in [0.5, 0.6) is 0 Å². The lowest BCUT2D eigenvalue weighted by atomic mass is 10.1. The number of esters is 1. The quantitative estimate of drug-likeness (QED) is 0.322. The number of imide groups is 1. The summed E-state index contributed by atoms with van der Waals surface area (Å²) in [7, 11) is 1.13. The number of amides is 2. The van der Waals surface area contributed by atoms with Crippen molar-refractivity contribution in [2.75, 3.05) is 7.11 Å². The van der Waals surface area contributed by atoms with E-state index in [1.165, 1.54) is 0 Å². The van der Waals surface area contributed by atoms with Gasteiger partial charge in [0.2, 0.25) is 0 Å². The fraction of sp³-hybridized carbons (Fsp3) is 0.765. The minimum Gasteiger partial charge on any atom is -0.467 e. The Hall–Kier alpha value is -2.12. The van der Waals surface area contributed by atoms with E-state index in [1.807, 2.05) is 0 Å². The number of methoxy groups -OCH3 is 1. The highest BCUT2D eigenvalue weighted by Crippen LogP contribution is 2.20. The zero-order valence-corrected chi connectivity index (χ0v) is 16.2. The van der Waals surface area contributed by atoms with E-state index in [0.717, 1.165) is 7.11 Å². The molecule has 0 saturated carbocycles. The van der Waals surface area contributed by atoms with Crippen LogP contribution in [0.4, 0.5) is 9.59 Å². The van der Waals surface area contributed by atoms with Crippen LogP contribution in [0.3, 0.4) is 0 Å². The van der Waals surface area contributed by atoms with E-state index in [-0.39, 0.29) is 6.42 Å². The summed E-state index contributed by atoms with van der Waals surface area (Å²) < 4.78 is 15.1. The van der Waals surface area contributed by atoms with E-state index in [0.29, 0.717) is 11.2 Å². The van der Waals surface area contributed by atoms with Crippen molar-refractivity contribution in [1.29, 1.82) is 0 Å². The van der Waals surface area contributed by atoms with E-state index in [4.69, 9.17) is 9.47 Å². The Balaban J connectivity index is 5.84. The highest BCUT2D eigenvalue weighted by atomic mass is 16.6. The Morgan fingerprint density at radius 1 is 0.960 bits per heavy atom. The number of hydrogen-bond donors (Lipinski definition) is 0. The number of rotatable bonds is 5. The highest BCUT2D eigenvalue weighted by molar-refractivity contribution is 5.94. The average Bonchev–Trinajstić information content (AvgIpc) is 2.41. The highest BCUT2D eigenvalue weighted by Gasteiger charge is 2.41. The molecule has 8 nitrogen and oxygen atoms in total. The topological polar surface area (TPSA) is 99.2 Å². The van der Waals surface area contributed by atoms with Crippen LogP contribution in [0.2, 0.25) is 0 Å². The number of carbonyl (C=O) groups excluding carboxylic acids is 4. The van der Waals surface area contributed by atoms with Crippen LogP contribution in [0.25, 0.3) is 0 Å². The summed E-state index contributed by atoms with van der Waals surface area (Å²) in [6.45, 7) is 11.3. The third kappa shape index (κ3) is 8.51. The molecule has 8 heteroatoms. The summed E-state index contributed by atoms with van der Waals surface area (Å²) in [6.07, 6.45) is -1.57. The molecule has 0 aliphatic rings. The van der Waals surface area contributed by atoms with Crippen LogP contribution in [0, 0.1) is 5.92 Å². The van der Waals surface area contributed by atoms with Crippen molar-refractivity contribution in [3.8, 4) is 0 Å². The molecule has 0 N–H and O–H groups in total. The summed E-state index contributed by atoms with van der Waals surface area (Å²) in [5, 5.41) is 0.